The van der Waals surface area contributed by atoms with Gasteiger partial charge >= 0.3 is 0 Å². The van der Waals surface area contributed by atoms with E-state index in [-0.39, 0.29) is 0 Å². The van der Waals surface area contributed by atoms with Crippen LogP contribution >= 0.6 is 12.2 Å². The molecule has 66 valence electrons. The molecule has 0 aromatic rings. The first-order valence-corrected chi connectivity index (χ1v) is 4.75. The molecule has 0 unspecified atom stereocenters. The van der Waals surface area contributed by atoms with Crippen LogP contribution in [-0.2, 0) is 0 Å². The second-order valence-electron chi connectivity index (χ2n) is 3.27. The van der Waals surface area contributed by atoms with E-state index < -0.39 is 0 Å². The molecule has 0 fully saturated rings. The summed E-state index contributed by atoms with van der Waals surface area (Å²) in [5.74, 6) is 0.506. The van der Waals surface area contributed by atoms with Gasteiger partial charge in [0.25, 0.3) is 0 Å². The van der Waals surface area contributed by atoms with Crippen molar-refractivity contribution in [3.05, 3.63) is 0 Å². The van der Waals surface area contributed by atoms with E-state index >= 15 is 0 Å². The maximum absolute atomic E-state index is 5.24. The lowest BCUT2D eigenvalue weighted by atomic mass is 10.2. The lowest BCUT2D eigenvalue weighted by Crippen LogP contribution is -2.29. The average molecular weight is 173 g/mol. The number of unbranched alkanes of at least 4 members (excludes halogenated alkanes) is 1. The van der Waals surface area contributed by atoms with Crippen molar-refractivity contribution in [1.82, 2.24) is 4.90 Å². The Morgan fingerprint density at radius 3 is 2.36 bits per heavy atom. The van der Waals surface area contributed by atoms with Gasteiger partial charge in [0.05, 0.1) is 4.99 Å². The summed E-state index contributed by atoms with van der Waals surface area (Å²) in [7, 11) is 2.08. The molecular weight excluding hydrogens is 154 g/mol. The Balaban J connectivity index is 3.64. The molecular formula is C9H19NS. The van der Waals surface area contributed by atoms with Crippen LogP contribution < -0.4 is 0 Å². The minimum atomic E-state index is 0.506. The standard InChI is InChI=1S/C9H19NS/c1-5-6-7-10(4)9(11)8(2)3/h8H,5-7H2,1-4H3. The molecule has 1 nitrogen and oxygen atoms in total. The SMILES string of the molecule is CCCCN(C)C(=S)C(C)C. The molecule has 11 heavy (non-hydrogen) atoms. The first kappa shape index (κ1) is 10.9. The van der Waals surface area contributed by atoms with Gasteiger partial charge < -0.3 is 4.90 Å². The topological polar surface area (TPSA) is 3.24 Å². The fraction of sp³-hybridized carbons (Fsp3) is 0.889. The van der Waals surface area contributed by atoms with Gasteiger partial charge in [-0.05, 0) is 6.42 Å². The highest BCUT2D eigenvalue weighted by Gasteiger charge is 2.06. The van der Waals surface area contributed by atoms with Gasteiger partial charge in [-0.3, -0.25) is 0 Å². The molecule has 0 spiro atoms. The van der Waals surface area contributed by atoms with Crippen molar-refractivity contribution in [2.24, 2.45) is 5.92 Å². The molecule has 0 rings (SSSR count). The molecule has 0 radical (unpaired) electrons. The second-order valence-corrected chi connectivity index (χ2v) is 3.69. The highest BCUT2D eigenvalue weighted by Crippen LogP contribution is 2.02. The van der Waals surface area contributed by atoms with Crippen LogP contribution in [0.5, 0.6) is 0 Å². The maximum Gasteiger partial charge on any atom is 0.0802 e. The van der Waals surface area contributed by atoms with E-state index in [0.717, 1.165) is 11.5 Å². The van der Waals surface area contributed by atoms with E-state index in [0.29, 0.717) is 5.92 Å². The molecule has 0 saturated carbocycles. The third-order valence-corrected chi connectivity index (χ3v) is 2.50. The normalized spacial score (nSPS) is 10.3. The van der Waals surface area contributed by atoms with Gasteiger partial charge in [-0.25, -0.2) is 0 Å². The third kappa shape index (κ3) is 4.35. The van der Waals surface area contributed by atoms with Gasteiger partial charge in [0.2, 0.25) is 0 Å². The summed E-state index contributed by atoms with van der Waals surface area (Å²) in [5, 5.41) is 0. The summed E-state index contributed by atoms with van der Waals surface area (Å²) in [6.07, 6.45) is 2.48. The molecule has 0 aliphatic heterocycles. The van der Waals surface area contributed by atoms with Crippen LogP contribution in [0.4, 0.5) is 0 Å². The van der Waals surface area contributed by atoms with Crippen molar-refractivity contribution < 1.29 is 0 Å². The molecule has 0 aromatic carbocycles. The Morgan fingerprint density at radius 1 is 1.45 bits per heavy atom. The minimum Gasteiger partial charge on any atom is -0.369 e. The van der Waals surface area contributed by atoms with E-state index in [4.69, 9.17) is 12.2 Å². The fourth-order valence-electron chi connectivity index (χ4n) is 0.946. The molecule has 0 heterocycles. The van der Waals surface area contributed by atoms with E-state index in [1.54, 1.807) is 0 Å². The van der Waals surface area contributed by atoms with Crippen molar-refractivity contribution in [2.45, 2.75) is 33.6 Å². The number of rotatable bonds is 4. The smallest absolute Gasteiger partial charge is 0.0802 e. The van der Waals surface area contributed by atoms with Gasteiger partial charge in [0, 0.05) is 19.5 Å². The molecule has 0 aromatic heterocycles. The van der Waals surface area contributed by atoms with Gasteiger partial charge in [0.15, 0.2) is 0 Å². The number of thiocarbonyl (C=S) groups is 1. The highest BCUT2D eigenvalue weighted by atomic mass is 32.1. The first-order chi connectivity index (χ1) is 5.09. The fourth-order valence-corrected chi connectivity index (χ4v) is 1.04. The summed E-state index contributed by atoms with van der Waals surface area (Å²) < 4.78 is 0. The van der Waals surface area contributed by atoms with Crippen molar-refractivity contribution in [2.75, 3.05) is 13.6 Å². The predicted molar refractivity (Wildman–Crippen MR) is 55.0 cm³/mol. The van der Waals surface area contributed by atoms with E-state index in [9.17, 15) is 0 Å². The molecule has 0 bridgehead atoms. The summed E-state index contributed by atoms with van der Waals surface area (Å²) in [6, 6.07) is 0. The molecule has 0 amide bonds. The van der Waals surface area contributed by atoms with E-state index in [2.05, 4.69) is 32.7 Å². The monoisotopic (exact) mass is 173 g/mol. The predicted octanol–water partition coefficient (Wildman–Crippen LogP) is 2.70. The van der Waals surface area contributed by atoms with Crippen molar-refractivity contribution in [1.29, 1.82) is 0 Å². The van der Waals surface area contributed by atoms with Crippen molar-refractivity contribution >= 4 is 17.2 Å². The number of hydrogen-bond acceptors (Lipinski definition) is 1. The van der Waals surface area contributed by atoms with Crippen LogP contribution in [0.15, 0.2) is 0 Å². The van der Waals surface area contributed by atoms with Crippen molar-refractivity contribution in [3.63, 3.8) is 0 Å². The number of hydrogen-bond donors (Lipinski definition) is 0. The molecule has 0 atom stereocenters. The zero-order chi connectivity index (χ0) is 8.85. The largest absolute Gasteiger partial charge is 0.369 e. The van der Waals surface area contributed by atoms with E-state index in [1.165, 1.54) is 12.8 Å². The molecule has 0 saturated heterocycles. The molecule has 2 heteroatoms. The van der Waals surface area contributed by atoms with E-state index in [1.807, 2.05) is 0 Å². The van der Waals surface area contributed by atoms with Crippen LogP contribution in [0.25, 0.3) is 0 Å². The zero-order valence-electron chi connectivity index (χ0n) is 8.05. The van der Waals surface area contributed by atoms with Crippen LogP contribution in [0, 0.1) is 5.92 Å². The van der Waals surface area contributed by atoms with Gasteiger partial charge in [-0.15, -0.1) is 0 Å². The first-order valence-electron chi connectivity index (χ1n) is 4.34. The lowest BCUT2D eigenvalue weighted by molar-refractivity contribution is 0.471. The summed E-state index contributed by atoms with van der Waals surface area (Å²) in [6.45, 7) is 7.59. The summed E-state index contributed by atoms with van der Waals surface area (Å²) in [5.41, 5.74) is 0. The Morgan fingerprint density at radius 2 is 2.00 bits per heavy atom. The Labute approximate surface area is 75.8 Å². The summed E-state index contributed by atoms with van der Waals surface area (Å²) >= 11 is 5.24. The van der Waals surface area contributed by atoms with Gasteiger partial charge in [0.1, 0.15) is 0 Å². The summed E-state index contributed by atoms with van der Waals surface area (Å²) in [4.78, 5) is 3.27. The minimum absolute atomic E-state index is 0.506. The Kier molecular flexibility index (Phi) is 5.47. The molecule has 0 aliphatic carbocycles. The highest BCUT2D eigenvalue weighted by molar-refractivity contribution is 7.80. The van der Waals surface area contributed by atoms with Gasteiger partial charge in [-0.1, -0.05) is 39.4 Å². The zero-order valence-corrected chi connectivity index (χ0v) is 8.87. The third-order valence-electron chi connectivity index (χ3n) is 1.72. The molecule has 0 N–H and O–H groups in total. The lowest BCUT2D eigenvalue weighted by Gasteiger charge is -2.22. The van der Waals surface area contributed by atoms with Crippen LogP contribution in [0.1, 0.15) is 33.6 Å². The maximum atomic E-state index is 5.24. The Bertz CT molecular complexity index is 121. The Hall–Kier alpha value is -0.110. The second kappa shape index (κ2) is 5.53. The molecule has 0 aliphatic rings. The van der Waals surface area contributed by atoms with Crippen LogP contribution in [-0.4, -0.2) is 23.5 Å². The number of nitrogens with zero attached hydrogens (tertiary/aromatic N) is 1. The van der Waals surface area contributed by atoms with Crippen LogP contribution in [0.2, 0.25) is 0 Å². The van der Waals surface area contributed by atoms with Crippen LogP contribution in [0.3, 0.4) is 0 Å². The van der Waals surface area contributed by atoms with Gasteiger partial charge in [-0.2, -0.15) is 0 Å². The quantitative estimate of drug-likeness (QED) is 0.601. The van der Waals surface area contributed by atoms with Crippen molar-refractivity contribution in [3.8, 4) is 0 Å². The average Bonchev–Trinajstić information content (AvgIpc) is 1.98.